The summed E-state index contributed by atoms with van der Waals surface area (Å²) in [7, 11) is -8.51. The number of carbonyl (C=O) groups is 4. The molecule has 0 spiro atoms. The number of nitrogens with two attached hydrogens (primary N) is 1. The first-order valence-electron chi connectivity index (χ1n) is 40.1. The van der Waals surface area contributed by atoms with Crippen molar-refractivity contribution in [2.75, 3.05) is 4.93 Å². The zero-order valence-electron chi connectivity index (χ0n) is 83.0. The summed E-state index contributed by atoms with van der Waals surface area (Å²) in [6, 6.07) is 20.6. The van der Waals surface area contributed by atoms with Crippen molar-refractivity contribution >= 4 is 151 Å². The molecule has 4 rings (SSSR count). The summed E-state index contributed by atoms with van der Waals surface area (Å²) in [6.45, 7) is 109. The Hall–Kier alpha value is -0.902. The smallest absolute Gasteiger partial charge is 0.870 e. The van der Waals surface area contributed by atoms with Gasteiger partial charge in [-0.2, -0.15) is 0 Å². The van der Waals surface area contributed by atoms with Gasteiger partial charge < -0.3 is 20.5 Å². The van der Waals surface area contributed by atoms with Gasteiger partial charge in [0.25, 0.3) is 0 Å². The van der Waals surface area contributed by atoms with E-state index in [0.29, 0.717) is 52.9 Å². The van der Waals surface area contributed by atoms with Gasteiger partial charge in [0.05, 0.1) is 69.8 Å². The number of hydrogen-bond donors (Lipinski definition) is 1. The molecule has 0 aromatic heterocycles. The third kappa shape index (κ3) is 45.1. The van der Waals surface area contributed by atoms with Crippen LogP contribution in [0.2, 0.25) is 131 Å². The van der Waals surface area contributed by atoms with Gasteiger partial charge in [-0.25, -0.2) is 0 Å². The van der Waals surface area contributed by atoms with Gasteiger partial charge in [-0.05, 0) is 219 Å². The van der Waals surface area contributed by atoms with Crippen LogP contribution in [0.25, 0.3) is 22.3 Å². The predicted octanol–water partition coefficient (Wildman–Crippen LogP) is 27.1. The van der Waals surface area contributed by atoms with E-state index in [4.69, 9.17) is 13.5 Å². The Balaban J connectivity index is -0.000000119. The van der Waals surface area contributed by atoms with Gasteiger partial charge in [-0.3, -0.25) is 25.3 Å². The van der Waals surface area contributed by atoms with Crippen molar-refractivity contribution in [2.45, 2.75) is 397 Å². The molecule has 112 heavy (non-hydrogen) atoms. The quantitative estimate of drug-likeness (QED) is 0.0297. The number of halogens is 3. The van der Waals surface area contributed by atoms with Gasteiger partial charge in [0.15, 0.2) is 12.6 Å². The van der Waals surface area contributed by atoms with Crippen LogP contribution < -0.4 is 67.5 Å². The van der Waals surface area contributed by atoms with E-state index < -0.39 is 48.4 Å². The van der Waals surface area contributed by atoms with Crippen LogP contribution in [-0.2, 0) is 9.59 Å². The second-order valence-corrected chi connectivity index (χ2v) is 78.1. The van der Waals surface area contributed by atoms with Crippen molar-refractivity contribution in [2.24, 2.45) is 15.7 Å². The average molecular weight is 1930 g/mol. The maximum Gasteiger partial charge on any atom is 1.00 e. The molecule has 4 unspecified atom stereocenters. The molecule has 0 aromatic carbocycles. The Kier molecular flexibility index (Phi) is 62.8. The number of allylic oxidation sites excluding steroid dienone is 1. The molecule has 646 valence electrons. The molecule has 0 heterocycles. The molecule has 0 bridgehead atoms. The van der Waals surface area contributed by atoms with Gasteiger partial charge in [-0.15, -0.1) is 11.8 Å². The van der Waals surface area contributed by atoms with Crippen LogP contribution >= 0.6 is 54.5 Å². The molecule has 0 saturated heterocycles. The van der Waals surface area contributed by atoms with E-state index in [9.17, 15) is 14.4 Å². The zero-order chi connectivity index (χ0) is 90.0. The molecule has 0 saturated carbocycles. The third-order valence-electron chi connectivity index (χ3n) is 24.4. The third-order valence-corrected chi connectivity index (χ3v) is 61.2. The molecule has 0 radical (unpaired) electrons. The minimum Gasteiger partial charge on any atom is -0.870 e. The van der Waals surface area contributed by atoms with Crippen molar-refractivity contribution in [1.29, 1.82) is 0 Å². The first-order valence-corrected chi connectivity index (χ1v) is 61.2. The average Bonchev–Trinajstić information content (AvgIpc) is 1.59. The fourth-order valence-electron chi connectivity index (χ4n) is 10.4. The van der Waals surface area contributed by atoms with E-state index in [1.165, 1.54) is 29.2 Å². The Labute approximate surface area is 778 Å². The van der Waals surface area contributed by atoms with E-state index >= 15 is 0 Å². The van der Waals surface area contributed by atoms with Crippen molar-refractivity contribution in [3.8, 4) is 34.1 Å². The van der Waals surface area contributed by atoms with Crippen LogP contribution in [0.3, 0.4) is 0 Å². The van der Waals surface area contributed by atoms with Crippen molar-refractivity contribution in [1.82, 2.24) is 0 Å². The number of nitrogens with zero attached hydrogens (tertiary/aromatic N) is 2. The molecule has 4 atom stereocenters. The number of carbonyl (C=O) groups excluding carboxylic acids is 4. The largest absolute Gasteiger partial charge is 1.00 e. The standard InChI is InChI=1S/C18H22O2Si.C18H26Si.C13H29NSi.C11H22Si.C10H20Br2Si.C9H20OSi.C6H13N.C4H10N.C2H4O.CH3I.CH4.K.2H2O.H2/c1-18(2,3)21(4,5)17-15(11-19)13-9-7-6-8-10-14(13)16(17)12-20;1-13-15-11-9-8-10-12-16(15)14(2)17(13)19(6,7)18(3,4)5;1-11(10-14-12(2,3)4)15(8,9)13(5,6)7;1-8-9-10(2)12(6,7)11(3,4)5;1-8(7-9(11)12)13(5,6)10(2,3)4;1-8(7-10)11(5,6)9(2,3)4;1-5-7-6(2,3)4;1-4(2,3)5;1-2-3;1-2;;;;;/h6-12H,1-5H3;8-12H,1-7H3;10-11H,1-9H3;10H,1-7H3;7-8H,1-6H3;7-8H,1-6H3;5H,1-4H3;1,5H2,2-3H3;2H,1H3;1H3;1H4;;2*1H2;1H/q;;;;;;;+1;;;;+1;;;/p-1/i;;;;;;;;;;;;;;1+1D. The first-order chi connectivity index (χ1) is 48.8. The number of aldehydes is 4. The van der Waals surface area contributed by atoms with Gasteiger partial charge in [0.1, 0.15) is 18.1 Å². The molecule has 4 aliphatic carbocycles. The molecule has 0 aliphatic heterocycles. The maximum absolute atomic E-state index is 11.8. The van der Waals surface area contributed by atoms with Crippen molar-refractivity contribution < 1.29 is 84.5 Å². The van der Waals surface area contributed by atoms with Gasteiger partial charge >= 0.3 is 51.4 Å². The molecular weight excluding hydrogens is 1750 g/mol. The maximum atomic E-state index is 11.8. The van der Waals surface area contributed by atoms with E-state index in [2.05, 4.69) is 405 Å². The minimum absolute atomic E-state index is 0. The molecular formula is C93H178Br2IKN3O6Si6+. The second-order valence-electron chi connectivity index (χ2n) is 41.5. The molecule has 0 amide bonds. The SMILES string of the molecule is C.CC#CC(C)[Si](C)(C)C(C)(C)C.CC(C)(C)[Si](C)(C)c1c(C=O)c2cccccc-2c1C=O.CC(C=C(Br)Br)[Si](C)(C)C(C)(C)C.CC(C=NC(C)(C)C)[Si](C)(C)C(C)(C)C.CC(C=O)[Si](C)(C)C(C)(C)C.CC=NC(C)(C)C.CC=O.CI.Cc1c2cccccc-2c(C)c1[Si](C)(C)C(C)(C)C.O.[2H][2H].[CH2+]C(C)(C)N.[K+].[OH-]. The summed E-state index contributed by atoms with van der Waals surface area (Å²) in [5.74, 6) is 6.33. The summed E-state index contributed by atoms with van der Waals surface area (Å²) >= 11 is 9.02. The monoisotopic (exact) mass is 1930 g/mol. The van der Waals surface area contributed by atoms with Gasteiger partial charge in [0.2, 0.25) is 0 Å². The normalized spacial score (nSPS) is 13.4. The topological polar surface area (TPSA) is 181 Å². The van der Waals surface area contributed by atoms with Crippen LogP contribution in [0.15, 0.2) is 80.1 Å². The zero-order valence-corrected chi connectivity index (χ0v) is 95.5. The Morgan fingerprint density at radius 2 is 0.750 bits per heavy atom. The molecule has 9 nitrogen and oxygen atoms in total. The summed E-state index contributed by atoms with van der Waals surface area (Å²) < 4.78 is 11.1. The number of alkyl halides is 1. The summed E-state index contributed by atoms with van der Waals surface area (Å²) in [5.41, 5.74) is 16.4. The number of rotatable bonds is 11. The van der Waals surface area contributed by atoms with E-state index in [0.717, 1.165) is 44.8 Å². The van der Waals surface area contributed by atoms with Gasteiger partial charge in [-0.1, -0.05) is 333 Å². The van der Waals surface area contributed by atoms with E-state index in [1.807, 2.05) is 76.1 Å². The molecule has 0 aromatic rings. The summed E-state index contributed by atoms with van der Waals surface area (Å²) in [4.78, 5) is 53.7. The minimum atomic E-state index is -1.98. The number of hydrogen-bond acceptors (Lipinski definition) is 8. The molecule has 5 N–H and O–H groups in total. The predicted molar refractivity (Wildman–Crippen MR) is 544 cm³/mol. The van der Waals surface area contributed by atoms with Crippen molar-refractivity contribution in [3.05, 3.63) is 99.3 Å². The van der Waals surface area contributed by atoms with Crippen LogP contribution in [0.4, 0.5) is 0 Å². The van der Waals surface area contributed by atoms with E-state index in [1.54, 1.807) is 5.19 Å². The fraction of sp³-hybridized carbons (Fsp3) is 0.667. The van der Waals surface area contributed by atoms with Gasteiger partial charge in [0, 0.05) is 25.2 Å². The summed E-state index contributed by atoms with van der Waals surface area (Å²) in [5, 5.41) is 4.80. The van der Waals surface area contributed by atoms with Crippen LogP contribution in [0.1, 0.15) is 271 Å². The molecule has 0 fully saturated rings. The first kappa shape index (κ1) is 129. The number of aliphatic imine (C=N–C) groups is 2. The fourth-order valence-corrected chi connectivity index (χ4v) is 24.3. The van der Waals surface area contributed by atoms with Crippen LogP contribution in [-0.4, -0.2) is 119 Å². The Bertz CT molecular complexity index is 3320. The van der Waals surface area contributed by atoms with Crippen molar-refractivity contribution in [3.63, 3.8) is 0 Å². The van der Waals surface area contributed by atoms with E-state index in [-0.39, 0.29) is 97.0 Å². The van der Waals surface area contributed by atoms with Crippen LogP contribution in [0.5, 0.6) is 0 Å². The molecule has 4 aliphatic rings. The molecule has 19 heteroatoms. The second kappa shape index (κ2) is 54.5. The Morgan fingerprint density at radius 1 is 0.491 bits per heavy atom. The van der Waals surface area contributed by atoms with Crippen LogP contribution in [0, 0.1) is 32.6 Å². The number of fused-ring (bicyclic) bond motifs is 2. The Morgan fingerprint density at radius 3 is 0.955 bits per heavy atom. The summed E-state index contributed by atoms with van der Waals surface area (Å²) in [6.07, 6.45) is 10.0.